The molecule has 0 spiro atoms. The first-order chi connectivity index (χ1) is 18.8. The van der Waals surface area contributed by atoms with Crippen molar-refractivity contribution in [2.45, 2.75) is 20.8 Å². The van der Waals surface area contributed by atoms with Gasteiger partial charge in [-0.3, -0.25) is 10.1 Å². The van der Waals surface area contributed by atoms with E-state index in [1.165, 1.54) is 28.0 Å². The quantitative estimate of drug-likeness (QED) is 0.129. The van der Waals surface area contributed by atoms with Gasteiger partial charge in [0.25, 0.3) is 5.69 Å². The van der Waals surface area contributed by atoms with Crippen molar-refractivity contribution in [2.24, 2.45) is 0 Å². The number of nitro benzene ring substituents is 1. The minimum atomic E-state index is -0.397. The van der Waals surface area contributed by atoms with Crippen LogP contribution in [-0.4, -0.2) is 26.6 Å². The van der Waals surface area contributed by atoms with Crippen LogP contribution < -0.4 is 5.73 Å². The Morgan fingerprint density at radius 3 is 1.59 bits per heavy atom. The molecule has 6 aromatic rings. The number of non-ortho nitro benzene ring substituents is 1. The van der Waals surface area contributed by atoms with E-state index >= 15 is 0 Å². The molecule has 0 saturated carbocycles. The minimum Gasteiger partial charge on any atom is -0.399 e. The van der Waals surface area contributed by atoms with Crippen LogP contribution in [0.4, 0.5) is 11.4 Å². The van der Waals surface area contributed by atoms with Crippen LogP contribution in [0.25, 0.3) is 41.6 Å². The number of nitrogens with two attached hydrogens (primary N) is 1. The zero-order valence-corrected chi connectivity index (χ0v) is 23.4. The van der Waals surface area contributed by atoms with E-state index in [-0.39, 0.29) is 12.3 Å². The van der Waals surface area contributed by atoms with Gasteiger partial charge >= 0.3 is 0 Å². The summed E-state index contributed by atoms with van der Waals surface area (Å²) >= 11 is 3.32. The number of fused-ring (bicyclic) bond motifs is 2. The summed E-state index contributed by atoms with van der Waals surface area (Å²) in [6, 6.07) is 26.8. The van der Waals surface area contributed by atoms with E-state index in [9.17, 15) is 10.1 Å². The Balaban J connectivity index is 0.000000165. The van der Waals surface area contributed by atoms with Gasteiger partial charge in [-0.25, -0.2) is 9.97 Å². The maximum absolute atomic E-state index is 10.6. The van der Waals surface area contributed by atoms with Crippen LogP contribution >= 0.6 is 22.7 Å². The molecule has 0 radical (unpaired) electrons. The standard InChI is InChI=1S/C14H10N2O2S.C14H12N2S.C2H6O/c1-9-2-7-12-13(8-9)19-14(15-12)10-3-5-11(6-4-10)16(17)18;1-9-2-7-12-13(8-9)17-14(16-12)10-3-5-11(15)6-4-10;1-2-3/h2-8H,1H3;2-8H,15H2,1H3;3H,2H2,1H3. The second-order valence-electron chi connectivity index (χ2n) is 8.72. The van der Waals surface area contributed by atoms with Crippen LogP contribution in [0.1, 0.15) is 18.1 Å². The molecule has 0 amide bonds. The Hall–Kier alpha value is -4.18. The molecule has 0 saturated heterocycles. The van der Waals surface area contributed by atoms with Crippen LogP contribution in [0.2, 0.25) is 0 Å². The van der Waals surface area contributed by atoms with Gasteiger partial charge in [-0.05, 0) is 92.6 Å². The third kappa shape index (κ3) is 7.02. The van der Waals surface area contributed by atoms with Gasteiger partial charge in [0.1, 0.15) is 10.0 Å². The number of benzene rings is 4. The van der Waals surface area contributed by atoms with Crippen molar-refractivity contribution in [3.05, 3.63) is 106 Å². The average molecular weight is 557 g/mol. The Labute approximate surface area is 234 Å². The van der Waals surface area contributed by atoms with E-state index in [2.05, 4.69) is 41.2 Å². The number of nitrogens with zero attached hydrogens (tertiary/aromatic N) is 3. The van der Waals surface area contributed by atoms with Crippen molar-refractivity contribution < 1.29 is 10.0 Å². The van der Waals surface area contributed by atoms with Gasteiger partial charge < -0.3 is 10.8 Å². The zero-order valence-electron chi connectivity index (χ0n) is 21.8. The molecule has 2 heterocycles. The summed E-state index contributed by atoms with van der Waals surface area (Å²) in [6.45, 7) is 6.08. The molecule has 0 aliphatic carbocycles. The number of aliphatic hydroxyl groups excluding tert-OH is 1. The number of hydrogen-bond acceptors (Lipinski definition) is 8. The van der Waals surface area contributed by atoms with E-state index in [4.69, 9.17) is 10.8 Å². The second kappa shape index (κ2) is 12.6. The molecule has 0 bridgehead atoms. The maximum Gasteiger partial charge on any atom is 0.269 e. The molecular weight excluding hydrogens is 528 g/mol. The van der Waals surface area contributed by atoms with Gasteiger partial charge in [-0.15, -0.1) is 22.7 Å². The summed E-state index contributed by atoms with van der Waals surface area (Å²) in [5, 5.41) is 20.1. The average Bonchev–Trinajstić information content (AvgIpc) is 3.54. The molecule has 0 aliphatic rings. The van der Waals surface area contributed by atoms with Gasteiger partial charge in [-0.2, -0.15) is 0 Å². The molecule has 0 unspecified atom stereocenters. The van der Waals surface area contributed by atoms with Crippen LogP contribution in [0.3, 0.4) is 0 Å². The number of hydrogen-bond donors (Lipinski definition) is 2. The lowest BCUT2D eigenvalue weighted by molar-refractivity contribution is -0.384. The third-order valence-electron chi connectivity index (χ3n) is 5.57. The topological polar surface area (TPSA) is 115 Å². The molecule has 6 rings (SSSR count). The van der Waals surface area contributed by atoms with Gasteiger partial charge in [0.15, 0.2) is 0 Å². The third-order valence-corrected chi connectivity index (χ3v) is 7.71. The lowest BCUT2D eigenvalue weighted by atomic mass is 10.2. The van der Waals surface area contributed by atoms with Gasteiger partial charge in [0.2, 0.25) is 0 Å². The van der Waals surface area contributed by atoms with E-state index in [0.29, 0.717) is 0 Å². The second-order valence-corrected chi connectivity index (χ2v) is 10.8. The predicted molar refractivity (Wildman–Crippen MR) is 163 cm³/mol. The highest BCUT2D eigenvalue weighted by Gasteiger charge is 2.09. The molecule has 0 fully saturated rings. The Kier molecular flexibility index (Phi) is 8.98. The normalized spacial score (nSPS) is 10.5. The number of rotatable bonds is 3. The molecule has 0 aliphatic heterocycles. The molecule has 4 aromatic carbocycles. The monoisotopic (exact) mass is 556 g/mol. The summed E-state index contributed by atoms with van der Waals surface area (Å²) in [5.74, 6) is 0. The predicted octanol–water partition coefficient (Wildman–Crippen LogP) is 8.03. The Morgan fingerprint density at radius 1 is 0.769 bits per heavy atom. The molecule has 9 heteroatoms. The van der Waals surface area contributed by atoms with Gasteiger partial charge in [-0.1, -0.05) is 12.1 Å². The molecule has 7 nitrogen and oxygen atoms in total. The summed E-state index contributed by atoms with van der Waals surface area (Å²) in [7, 11) is 0. The van der Waals surface area contributed by atoms with E-state index in [1.807, 2.05) is 43.3 Å². The fraction of sp³-hybridized carbons (Fsp3) is 0.133. The van der Waals surface area contributed by atoms with Crippen molar-refractivity contribution in [2.75, 3.05) is 12.3 Å². The number of nitrogen functional groups attached to an aromatic ring is 1. The van der Waals surface area contributed by atoms with Crippen molar-refractivity contribution in [3.63, 3.8) is 0 Å². The molecule has 0 atom stereocenters. The molecule has 3 N–H and O–H groups in total. The highest BCUT2D eigenvalue weighted by atomic mass is 32.1. The maximum atomic E-state index is 10.6. The van der Waals surface area contributed by atoms with Crippen molar-refractivity contribution in [1.29, 1.82) is 0 Å². The number of anilines is 1. The van der Waals surface area contributed by atoms with Crippen molar-refractivity contribution in [3.8, 4) is 21.1 Å². The van der Waals surface area contributed by atoms with E-state index in [0.717, 1.165) is 42.6 Å². The summed E-state index contributed by atoms with van der Waals surface area (Å²) in [4.78, 5) is 19.4. The Morgan fingerprint density at radius 2 is 1.18 bits per heavy atom. The first kappa shape index (κ1) is 27.8. The summed E-state index contributed by atoms with van der Waals surface area (Å²) in [5.41, 5.74) is 13.1. The van der Waals surface area contributed by atoms with Crippen LogP contribution in [-0.2, 0) is 0 Å². The van der Waals surface area contributed by atoms with E-state index in [1.54, 1.807) is 41.7 Å². The largest absolute Gasteiger partial charge is 0.399 e. The lowest BCUT2D eigenvalue weighted by Gasteiger charge is -1.95. The Bertz CT molecular complexity index is 1710. The highest BCUT2D eigenvalue weighted by molar-refractivity contribution is 7.22. The fourth-order valence-electron chi connectivity index (χ4n) is 3.66. The summed E-state index contributed by atoms with van der Waals surface area (Å²) < 4.78 is 2.37. The SMILES string of the molecule is CCO.Cc1ccc2nc(-c3ccc(N)cc3)sc2c1.Cc1ccc2nc(-c3ccc([N+](=O)[O-])cc3)sc2c1. The van der Waals surface area contributed by atoms with Gasteiger partial charge in [0.05, 0.1) is 25.4 Å². The molecular formula is C30H28N4O3S2. The fourth-order valence-corrected chi connectivity index (χ4v) is 5.80. The number of aromatic nitrogens is 2. The number of aryl methyl sites for hydroxylation is 2. The first-order valence-corrected chi connectivity index (χ1v) is 13.9. The summed E-state index contributed by atoms with van der Waals surface area (Å²) in [6.07, 6.45) is 0. The number of aliphatic hydroxyl groups is 1. The van der Waals surface area contributed by atoms with Gasteiger partial charge in [0, 0.05) is 35.6 Å². The smallest absolute Gasteiger partial charge is 0.269 e. The highest BCUT2D eigenvalue weighted by Crippen LogP contribution is 2.32. The first-order valence-electron chi connectivity index (χ1n) is 12.2. The number of nitro groups is 1. The molecule has 39 heavy (non-hydrogen) atoms. The van der Waals surface area contributed by atoms with Crippen LogP contribution in [0.15, 0.2) is 84.9 Å². The minimum absolute atomic E-state index is 0.0979. The lowest BCUT2D eigenvalue weighted by Crippen LogP contribution is -1.86. The van der Waals surface area contributed by atoms with Crippen LogP contribution in [0, 0.1) is 24.0 Å². The molecule has 2 aromatic heterocycles. The van der Waals surface area contributed by atoms with Crippen molar-refractivity contribution >= 4 is 54.5 Å². The van der Waals surface area contributed by atoms with Crippen LogP contribution in [0.5, 0.6) is 0 Å². The zero-order chi connectivity index (χ0) is 27.9. The van der Waals surface area contributed by atoms with Crippen molar-refractivity contribution in [1.82, 2.24) is 9.97 Å². The molecule has 198 valence electrons. The number of thiazole rings is 2. The van der Waals surface area contributed by atoms with E-state index < -0.39 is 4.92 Å².